The van der Waals surface area contributed by atoms with Crippen molar-refractivity contribution in [3.63, 3.8) is 0 Å². The zero-order valence-electron chi connectivity index (χ0n) is 23.9. The van der Waals surface area contributed by atoms with Crippen LogP contribution in [-0.4, -0.2) is 73.2 Å². The molecule has 0 aliphatic carbocycles. The molecular weight excluding hydrogens is 550 g/mol. The number of carbonyl (C=O) groups is 2. The summed E-state index contributed by atoms with van der Waals surface area (Å²) in [6.07, 6.45) is 0. The smallest absolute Gasteiger partial charge is 0.265 e. The number of carbonyl (C=O) groups excluding carboxylic acids is 2. The Morgan fingerprint density at radius 1 is 0.829 bits per heavy atom. The molecule has 0 bridgehead atoms. The van der Waals surface area contributed by atoms with Crippen LogP contribution in [0.25, 0.3) is 0 Å². The van der Waals surface area contributed by atoms with Crippen LogP contribution >= 0.6 is 0 Å². The summed E-state index contributed by atoms with van der Waals surface area (Å²) in [4.78, 5) is 27.8. The summed E-state index contributed by atoms with van der Waals surface area (Å²) < 4.78 is 50.8. The Bertz CT molecular complexity index is 1460. The molecule has 12 heteroatoms. The molecule has 0 aromatic heterocycles. The standard InChI is InChI=1S/C29H35N3O8S/c1-20(29(34)30-2)31(18-21-10-8-7-9-11-21)28(33)19-32(24-16-22(37-3)12-14-25(24)38-4)41(35,36)23-13-15-26(39-5)27(17-23)40-6/h7-17,20H,18-19H2,1-6H3,(H,30,34). The van der Waals surface area contributed by atoms with Crippen LogP contribution in [0.4, 0.5) is 5.69 Å². The van der Waals surface area contributed by atoms with Gasteiger partial charge in [0.2, 0.25) is 11.8 Å². The minimum absolute atomic E-state index is 0.0715. The monoisotopic (exact) mass is 585 g/mol. The molecule has 3 aromatic carbocycles. The van der Waals surface area contributed by atoms with Gasteiger partial charge in [-0.3, -0.25) is 13.9 Å². The van der Waals surface area contributed by atoms with Crippen molar-refractivity contribution in [1.82, 2.24) is 10.2 Å². The fraction of sp³-hybridized carbons (Fsp3) is 0.310. The van der Waals surface area contributed by atoms with E-state index in [-0.39, 0.29) is 28.6 Å². The summed E-state index contributed by atoms with van der Waals surface area (Å²) in [6, 6.07) is 17.0. The molecule has 0 heterocycles. The highest BCUT2D eigenvalue weighted by atomic mass is 32.2. The quantitative estimate of drug-likeness (QED) is 0.325. The number of rotatable bonds is 13. The Morgan fingerprint density at radius 2 is 1.46 bits per heavy atom. The number of methoxy groups -OCH3 is 4. The first-order chi connectivity index (χ1) is 19.6. The van der Waals surface area contributed by atoms with Crippen LogP contribution in [0.1, 0.15) is 12.5 Å². The predicted octanol–water partition coefficient (Wildman–Crippen LogP) is 3.08. The summed E-state index contributed by atoms with van der Waals surface area (Å²) in [6.45, 7) is 1.01. The van der Waals surface area contributed by atoms with E-state index in [9.17, 15) is 18.0 Å². The molecule has 3 aromatic rings. The number of ether oxygens (including phenoxy) is 4. The number of hydrogen-bond donors (Lipinski definition) is 1. The molecule has 0 spiro atoms. The maximum absolute atomic E-state index is 14.2. The molecular formula is C29H35N3O8S. The van der Waals surface area contributed by atoms with Crippen LogP contribution in [0.2, 0.25) is 0 Å². The highest BCUT2D eigenvalue weighted by molar-refractivity contribution is 7.92. The van der Waals surface area contributed by atoms with E-state index in [4.69, 9.17) is 18.9 Å². The maximum atomic E-state index is 14.2. The number of likely N-dealkylation sites (N-methyl/N-ethyl adjacent to an activating group) is 1. The first-order valence-corrected chi connectivity index (χ1v) is 14.1. The average molecular weight is 586 g/mol. The highest BCUT2D eigenvalue weighted by Crippen LogP contribution is 2.37. The molecule has 220 valence electrons. The lowest BCUT2D eigenvalue weighted by molar-refractivity contribution is -0.139. The molecule has 3 rings (SSSR count). The summed E-state index contributed by atoms with van der Waals surface area (Å²) in [5.41, 5.74) is 0.840. The van der Waals surface area contributed by atoms with E-state index in [0.717, 1.165) is 9.87 Å². The molecule has 0 radical (unpaired) electrons. The maximum Gasteiger partial charge on any atom is 0.265 e. The summed E-state index contributed by atoms with van der Waals surface area (Å²) in [7, 11) is 2.73. The van der Waals surface area contributed by atoms with Gasteiger partial charge in [0, 0.05) is 25.7 Å². The topological polar surface area (TPSA) is 124 Å². The molecule has 2 amide bonds. The molecule has 1 N–H and O–H groups in total. The van der Waals surface area contributed by atoms with Gasteiger partial charge in [-0.05, 0) is 36.8 Å². The van der Waals surface area contributed by atoms with Crippen LogP contribution in [0.5, 0.6) is 23.0 Å². The van der Waals surface area contributed by atoms with Gasteiger partial charge in [0.15, 0.2) is 11.5 Å². The fourth-order valence-corrected chi connectivity index (χ4v) is 5.61. The van der Waals surface area contributed by atoms with Crippen molar-refractivity contribution in [3.8, 4) is 23.0 Å². The second-order valence-corrected chi connectivity index (χ2v) is 10.7. The van der Waals surface area contributed by atoms with Gasteiger partial charge in [-0.15, -0.1) is 0 Å². The van der Waals surface area contributed by atoms with Crippen LogP contribution in [0, 0.1) is 0 Å². The molecule has 11 nitrogen and oxygen atoms in total. The Hall–Kier alpha value is -4.45. The van der Waals surface area contributed by atoms with Gasteiger partial charge in [0.25, 0.3) is 10.0 Å². The number of sulfonamides is 1. The number of hydrogen-bond acceptors (Lipinski definition) is 8. The normalized spacial score (nSPS) is 11.7. The van der Waals surface area contributed by atoms with Crippen molar-refractivity contribution >= 4 is 27.5 Å². The van der Waals surface area contributed by atoms with Crippen molar-refractivity contribution in [2.45, 2.75) is 24.4 Å². The lowest BCUT2D eigenvalue weighted by atomic mass is 10.1. The van der Waals surface area contributed by atoms with Gasteiger partial charge >= 0.3 is 0 Å². The second kappa shape index (κ2) is 13.8. The Balaban J connectivity index is 2.17. The molecule has 1 atom stereocenters. The Morgan fingerprint density at radius 3 is 2.05 bits per heavy atom. The van der Waals surface area contributed by atoms with E-state index in [2.05, 4.69) is 5.32 Å². The van der Waals surface area contributed by atoms with Crippen molar-refractivity contribution in [2.24, 2.45) is 0 Å². The van der Waals surface area contributed by atoms with Gasteiger partial charge < -0.3 is 29.2 Å². The fourth-order valence-electron chi connectivity index (χ4n) is 4.18. The Labute approximate surface area is 240 Å². The molecule has 41 heavy (non-hydrogen) atoms. The molecule has 0 aliphatic rings. The lowest BCUT2D eigenvalue weighted by Gasteiger charge is -2.32. The first kappa shape index (κ1) is 31.1. The third-order valence-corrected chi connectivity index (χ3v) is 8.24. The number of benzene rings is 3. The number of amides is 2. The summed E-state index contributed by atoms with van der Waals surface area (Å²) >= 11 is 0. The highest BCUT2D eigenvalue weighted by Gasteiger charge is 2.34. The van der Waals surface area contributed by atoms with Crippen molar-refractivity contribution in [3.05, 3.63) is 72.3 Å². The van der Waals surface area contributed by atoms with Gasteiger partial charge in [-0.25, -0.2) is 8.42 Å². The molecule has 1 unspecified atom stereocenters. The van der Waals surface area contributed by atoms with E-state index in [0.29, 0.717) is 11.5 Å². The molecule has 0 saturated carbocycles. The number of anilines is 1. The van der Waals surface area contributed by atoms with E-state index in [1.807, 2.05) is 30.3 Å². The average Bonchev–Trinajstić information content (AvgIpc) is 3.01. The lowest BCUT2D eigenvalue weighted by Crippen LogP contribution is -2.50. The summed E-state index contributed by atoms with van der Waals surface area (Å²) in [5, 5.41) is 2.56. The SMILES string of the molecule is CNC(=O)C(C)N(Cc1ccccc1)C(=O)CN(c1cc(OC)ccc1OC)S(=O)(=O)c1ccc(OC)c(OC)c1. The zero-order chi connectivity index (χ0) is 30.2. The molecule has 0 aliphatic heterocycles. The second-order valence-electron chi connectivity index (χ2n) is 8.86. The minimum atomic E-state index is -4.41. The van der Waals surface area contributed by atoms with Gasteiger partial charge in [0.1, 0.15) is 24.1 Å². The number of nitrogens with zero attached hydrogens (tertiary/aromatic N) is 2. The van der Waals surface area contributed by atoms with Crippen LogP contribution < -0.4 is 28.6 Å². The van der Waals surface area contributed by atoms with Crippen molar-refractivity contribution < 1.29 is 37.0 Å². The molecule has 0 saturated heterocycles. The van der Waals surface area contributed by atoms with Gasteiger partial charge in [-0.2, -0.15) is 0 Å². The van der Waals surface area contributed by atoms with Crippen LogP contribution in [0.3, 0.4) is 0 Å². The third-order valence-electron chi connectivity index (χ3n) is 6.49. The van der Waals surface area contributed by atoms with Gasteiger partial charge in [0.05, 0.1) is 39.0 Å². The predicted molar refractivity (Wildman–Crippen MR) is 154 cm³/mol. The van der Waals surface area contributed by atoms with Crippen LogP contribution in [-0.2, 0) is 26.2 Å². The largest absolute Gasteiger partial charge is 0.497 e. The van der Waals surface area contributed by atoms with Crippen molar-refractivity contribution in [2.75, 3.05) is 46.3 Å². The first-order valence-electron chi connectivity index (χ1n) is 12.6. The molecule has 0 fully saturated rings. The minimum Gasteiger partial charge on any atom is -0.497 e. The summed E-state index contributed by atoms with van der Waals surface area (Å²) in [5.74, 6) is 0.0523. The van der Waals surface area contributed by atoms with E-state index < -0.39 is 34.4 Å². The van der Waals surface area contributed by atoms with E-state index in [1.165, 1.54) is 64.7 Å². The zero-order valence-corrected chi connectivity index (χ0v) is 24.7. The Kier molecular flexibility index (Phi) is 10.4. The van der Waals surface area contributed by atoms with E-state index >= 15 is 0 Å². The van der Waals surface area contributed by atoms with Crippen LogP contribution in [0.15, 0.2) is 71.6 Å². The van der Waals surface area contributed by atoms with Gasteiger partial charge in [-0.1, -0.05) is 30.3 Å². The number of nitrogens with one attached hydrogen (secondary N) is 1. The third kappa shape index (κ3) is 7.01. The van der Waals surface area contributed by atoms with E-state index in [1.54, 1.807) is 19.1 Å². The van der Waals surface area contributed by atoms with Crippen molar-refractivity contribution in [1.29, 1.82) is 0 Å².